The summed E-state index contributed by atoms with van der Waals surface area (Å²) in [6.07, 6.45) is 17.8. The Kier molecular flexibility index (Phi) is 7.18. The minimum Gasteiger partial charge on any atom is -0.342 e. The van der Waals surface area contributed by atoms with E-state index >= 15 is 0 Å². The normalized spacial score (nSPS) is 15.2. The Morgan fingerprint density at radius 2 is 1.53 bits per heavy atom. The molecule has 2 aliphatic carbocycles. The predicted molar refractivity (Wildman–Crippen MR) is 131 cm³/mol. The summed E-state index contributed by atoms with van der Waals surface area (Å²) in [5, 5.41) is 0. The lowest BCUT2D eigenvalue weighted by Crippen LogP contribution is -1.97. The van der Waals surface area contributed by atoms with Crippen LogP contribution in [0.25, 0.3) is 22.1 Å². The smallest absolute Gasteiger partial charge is 0.129 e. The van der Waals surface area contributed by atoms with Gasteiger partial charge >= 0.3 is 0 Å². The molecule has 6 nitrogen and oxygen atoms in total. The molecule has 0 atom stereocenters. The Labute approximate surface area is 191 Å². The molecule has 0 amide bonds. The summed E-state index contributed by atoms with van der Waals surface area (Å²) in [4.78, 5) is 17.5. The molecule has 2 saturated carbocycles. The summed E-state index contributed by atoms with van der Waals surface area (Å²) in [5.41, 5.74) is 5.67. The Morgan fingerprint density at radius 1 is 0.875 bits per heavy atom. The van der Waals surface area contributed by atoms with Crippen molar-refractivity contribution in [3.8, 4) is 0 Å². The second-order valence-electron chi connectivity index (χ2n) is 8.97. The van der Waals surface area contributed by atoms with Crippen LogP contribution in [-0.2, 0) is 6.42 Å². The van der Waals surface area contributed by atoms with Crippen LogP contribution in [0, 0.1) is 6.92 Å². The molecule has 4 aromatic rings. The van der Waals surface area contributed by atoms with E-state index in [0.717, 1.165) is 29.0 Å². The zero-order valence-electron chi connectivity index (χ0n) is 20.0. The third-order valence-electron chi connectivity index (χ3n) is 5.84. The number of nitrogens with zero attached hydrogens (tertiary/aromatic N) is 6. The Hall–Kier alpha value is -2.76. The van der Waals surface area contributed by atoms with E-state index in [-0.39, 0.29) is 0 Å². The van der Waals surface area contributed by atoms with E-state index in [1.54, 1.807) is 6.33 Å². The molecule has 4 heterocycles. The highest BCUT2D eigenvalue weighted by molar-refractivity contribution is 5.78. The molecule has 32 heavy (non-hydrogen) atoms. The molecular weight excluding hydrogens is 396 g/mol. The van der Waals surface area contributed by atoms with Gasteiger partial charge in [0.15, 0.2) is 0 Å². The maximum Gasteiger partial charge on any atom is 0.129 e. The van der Waals surface area contributed by atoms with E-state index in [1.165, 1.54) is 56.0 Å². The van der Waals surface area contributed by atoms with Gasteiger partial charge in [0.1, 0.15) is 12.2 Å². The van der Waals surface area contributed by atoms with E-state index in [9.17, 15) is 0 Å². The predicted octanol–water partition coefficient (Wildman–Crippen LogP) is 6.60. The fourth-order valence-corrected chi connectivity index (χ4v) is 3.92. The Bertz CT molecular complexity index is 1150. The molecule has 0 unspecified atom stereocenters. The molecule has 0 aromatic carbocycles. The van der Waals surface area contributed by atoms with Crippen LogP contribution in [0.3, 0.4) is 0 Å². The number of aryl methyl sites for hydroxylation is 2. The van der Waals surface area contributed by atoms with Gasteiger partial charge in [0.25, 0.3) is 0 Å². The summed E-state index contributed by atoms with van der Waals surface area (Å²) >= 11 is 0. The Balaban J connectivity index is 0.000000139. The van der Waals surface area contributed by atoms with Gasteiger partial charge in [0.2, 0.25) is 0 Å². The van der Waals surface area contributed by atoms with Gasteiger partial charge in [-0.25, -0.2) is 19.9 Å². The lowest BCUT2D eigenvalue weighted by atomic mass is 10.2. The Morgan fingerprint density at radius 3 is 2.22 bits per heavy atom. The van der Waals surface area contributed by atoms with Crippen molar-refractivity contribution in [1.82, 2.24) is 29.1 Å². The van der Waals surface area contributed by atoms with Crippen LogP contribution >= 0.6 is 0 Å². The van der Waals surface area contributed by atoms with Gasteiger partial charge in [-0.1, -0.05) is 33.6 Å². The first kappa shape index (κ1) is 22.4. The summed E-state index contributed by atoms with van der Waals surface area (Å²) in [6, 6.07) is 5.61. The van der Waals surface area contributed by atoms with Crippen LogP contribution in [0.1, 0.15) is 89.3 Å². The lowest BCUT2D eigenvalue weighted by Gasteiger charge is -2.03. The van der Waals surface area contributed by atoms with Gasteiger partial charge in [-0.3, -0.25) is 0 Å². The van der Waals surface area contributed by atoms with Crippen LogP contribution in [-0.4, -0.2) is 29.1 Å². The minimum atomic E-state index is 0.710. The van der Waals surface area contributed by atoms with Crippen LogP contribution in [0.2, 0.25) is 0 Å². The molecule has 0 spiro atoms. The van der Waals surface area contributed by atoms with Gasteiger partial charge in [0, 0.05) is 30.9 Å². The highest BCUT2D eigenvalue weighted by Crippen LogP contribution is 2.38. The van der Waals surface area contributed by atoms with E-state index in [0.29, 0.717) is 12.1 Å². The fraction of sp³-hybridized carbons (Fsp3) is 0.538. The number of rotatable bonds is 5. The molecule has 4 aromatic heterocycles. The molecule has 6 rings (SSSR count). The van der Waals surface area contributed by atoms with Crippen molar-refractivity contribution in [3.63, 3.8) is 0 Å². The second-order valence-corrected chi connectivity index (χ2v) is 8.97. The van der Waals surface area contributed by atoms with E-state index in [1.807, 2.05) is 13.1 Å². The maximum absolute atomic E-state index is 4.61. The van der Waals surface area contributed by atoms with E-state index in [2.05, 4.69) is 74.4 Å². The van der Waals surface area contributed by atoms with Gasteiger partial charge in [-0.2, -0.15) is 0 Å². The third kappa shape index (κ3) is 5.17. The zero-order valence-corrected chi connectivity index (χ0v) is 20.0. The SMILES string of the molecule is CCC.CCCCc1ncc2c(ccn2C2CC2)n1.Cc1ncnc2ccn(C3CC3)c12. The highest BCUT2D eigenvalue weighted by Gasteiger charge is 2.25. The average molecular weight is 433 g/mol. The molecule has 0 aliphatic heterocycles. The summed E-state index contributed by atoms with van der Waals surface area (Å²) in [7, 11) is 0. The molecule has 0 radical (unpaired) electrons. The monoisotopic (exact) mass is 432 g/mol. The third-order valence-corrected chi connectivity index (χ3v) is 5.84. The molecule has 170 valence electrons. The number of hydrogen-bond acceptors (Lipinski definition) is 4. The number of aromatic nitrogens is 6. The molecule has 0 bridgehead atoms. The lowest BCUT2D eigenvalue weighted by molar-refractivity contribution is 0.750. The number of fused-ring (bicyclic) bond motifs is 2. The van der Waals surface area contributed by atoms with Crippen LogP contribution in [0.5, 0.6) is 0 Å². The first-order valence-corrected chi connectivity index (χ1v) is 12.3. The zero-order chi connectivity index (χ0) is 22.5. The van der Waals surface area contributed by atoms with Crippen LogP contribution in [0.15, 0.2) is 37.1 Å². The van der Waals surface area contributed by atoms with Crippen LogP contribution in [0.4, 0.5) is 0 Å². The molecule has 2 aliphatic rings. The molecule has 2 fully saturated rings. The van der Waals surface area contributed by atoms with Gasteiger partial charge < -0.3 is 9.13 Å². The van der Waals surface area contributed by atoms with Crippen molar-refractivity contribution in [2.75, 3.05) is 0 Å². The minimum absolute atomic E-state index is 0.710. The maximum atomic E-state index is 4.61. The van der Waals surface area contributed by atoms with Crippen molar-refractivity contribution in [2.45, 2.75) is 91.1 Å². The summed E-state index contributed by atoms with van der Waals surface area (Å²) < 4.78 is 4.63. The van der Waals surface area contributed by atoms with Crippen molar-refractivity contribution < 1.29 is 0 Å². The summed E-state index contributed by atoms with van der Waals surface area (Å²) in [6.45, 7) is 8.49. The number of unbranched alkanes of at least 4 members (excludes halogenated alkanes) is 1. The quantitative estimate of drug-likeness (QED) is 0.356. The van der Waals surface area contributed by atoms with Crippen molar-refractivity contribution >= 4 is 22.1 Å². The van der Waals surface area contributed by atoms with Crippen molar-refractivity contribution in [2.24, 2.45) is 0 Å². The topological polar surface area (TPSA) is 61.4 Å². The van der Waals surface area contributed by atoms with Crippen molar-refractivity contribution in [3.05, 3.63) is 48.6 Å². The van der Waals surface area contributed by atoms with E-state index < -0.39 is 0 Å². The van der Waals surface area contributed by atoms with Crippen molar-refractivity contribution in [1.29, 1.82) is 0 Å². The molecule has 0 N–H and O–H groups in total. The molecule has 6 heteroatoms. The highest BCUT2D eigenvalue weighted by atomic mass is 15.1. The first-order chi connectivity index (χ1) is 15.7. The average Bonchev–Trinajstić information content (AvgIpc) is 3.74. The van der Waals surface area contributed by atoms with Gasteiger partial charge in [-0.05, 0) is 51.2 Å². The van der Waals surface area contributed by atoms with Crippen LogP contribution < -0.4 is 0 Å². The van der Waals surface area contributed by atoms with Gasteiger partial charge in [-0.15, -0.1) is 0 Å². The summed E-state index contributed by atoms with van der Waals surface area (Å²) in [5.74, 6) is 0.989. The second kappa shape index (κ2) is 10.2. The number of hydrogen-bond donors (Lipinski definition) is 0. The molecule has 0 saturated heterocycles. The van der Waals surface area contributed by atoms with E-state index in [4.69, 9.17) is 0 Å². The van der Waals surface area contributed by atoms with Gasteiger partial charge in [0.05, 0.1) is 34.0 Å². The largest absolute Gasteiger partial charge is 0.342 e. The first-order valence-electron chi connectivity index (χ1n) is 12.3. The fourth-order valence-electron chi connectivity index (χ4n) is 3.92. The molecular formula is C26H36N6. The standard InChI is InChI=1S/C13H17N3.C10H11N3.C3H8/c1-2-3-4-13-14-9-12-11(15-13)7-8-16(12)10-5-6-10;1-7-10-9(12-6-11-7)4-5-13(10)8-2-3-8;1-3-2/h7-10H,2-6H2,1H3;4-6,8H,2-3H2,1H3;3H2,1-2H3.